The molecule has 0 spiro atoms. The second kappa shape index (κ2) is 8.64. The van der Waals surface area contributed by atoms with Crippen LogP contribution in [0.1, 0.15) is 19.8 Å². The maximum atomic E-state index is 12.6. The van der Waals surface area contributed by atoms with E-state index < -0.39 is 0 Å². The predicted molar refractivity (Wildman–Crippen MR) is 103 cm³/mol. The molecule has 1 aromatic carbocycles. The van der Waals surface area contributed by atoms with E-state index in [2.05, 4.69) is 23.8 Å². The summed E-state index contributed by atoms with van der Waals surface area (Å²) >= 11 is 0. The highest BCUT2D eigenvalue weighted by molar-refractivity contribution is 5.97. The Morgan fingerprint density at radius 3 is 2.38 bits per heavy atom. The fourth-order valence-corrected chi connectivity index (χ4v) is 3.70. The van der Waals surface area contributed by atoms with Crippen molar-refractivity contribution in [3.63, 3.8) is 0 Å². The minimum Gasteiger partial charge on any atom is -0.332 e. The highest BCUT2D eigenvalue weighted by Crippen LogP contribution is 2.18. The second-order valence-electron chi connectivity index (χ2n) is 7.42. The number of anilines is 1. The van der Waals surface area contributed by atoms with Crippen LogP contribution in [0, 0.1) is 0 Å². The summed E-state index contributed by atoms with van der Waals surface area (Å²) in [5.41, 5.74) is 0.910. The quantitative estimate of drug-likeness (QED) is 0.796. The van der Waals surface area contributed by atoms with Crippen LogP contribution in [-0.2, 0) is 9.59 Å². The Bertz CT molecular complexity index is 613. The Balaban J connectivity index is 1.45. The molecule has 2 heterocycles. The average molecular weight is 358 g/mol. The average Bonchev–Trinajstić information content (AvgIpc) is 2.67. The molecule has 1 aromatic rings. The first-order chi connectivity index (χ1) is 12.5. The third kappa shape index (κ3) is 4.62. The lowest BCUT2D eigenvalue weighted by Gasteiger charge is -2.37. The number of para-hydroxylation sites is 1. The molecule has 2 saturated heterocycles. The van der Waals surface area contributed by atoms with Crippen LogP contribution >= 0.6 is 0 Å². The van der Waals surface area contributed by atoms with Crippen molar-refractivity contribution in [1.82, 2.24) is 14.7 Å². The van der Waals surface area contributed by atoms with Gasteiger partial charge in [0.05, 0.1) is 0 Å². The van der Waals surface area contributed by atoms with Crippen LogP contribution in [0.2, 0.25) is 0 Å². The lowest BCUT2D eigenvalue weighted by molar-refractivity contribution is -0.137. The van der Waals surface area contributed by atoms with Gasteiger partial charge in [-0.1, -0.05) is 18.2 Å². The summed E-state index contributed by atoms with van der Waals surface area (Å²) in [7, 11) is 2.15. The van der Waals surface area contributed by atoms with Gasteiger partial charge in [-0.3, -0.25) is 14.5 Å². The molecule has 0 aliphatic carbocycles. The molecule has 26 heavy (non-hydrogen) atoms. The van der Waals surface area contributed by atoms with Crippen LogP contribution in [0.3, 0.4) is 0 Å². The molecule has 3 rings (SSSR count). The number of hydrogen-bond donors (Lipinski definition) is 0. The zero-order chi connectivity index (χ0) is 18.5. The SMILES string of the molecule is C[C@H](CCC(=O)N1CCN(c2ccccc2)C(=O)C1)N1CCN(C)CC1. The predicted octanol–water partition coefficient (Wildman–Crippen LogP) is 1.28. The van der Waals surface area contributed by atoms with E-state index in [9.17, 15) is 9.59 Å². The van der Waals surface area contributed by atoms with Crippen molar-refractivity contribution in [2.45, 2.75) is 25.8 Å². The van der Waals surface area contributed by atoms with E-state index in [4.69, 9.17) is 0 Å². The van der Waals surface area contributed by atoms with Gasteiger partial charge < -0.3 is 14.7 Å². The van der Waals surface area contributed by atoms with Crippen molar-refractivity contribution in [3.8, 4) is 0 Å². The first-order valence-corrected chi connectivity index (χ1v) is 9.60. The van der Waals surface area contributed by atoms with Crippen molar-refractivity contribution in [2.75, 3.05) is 57.8 Å². The number of carbonyl (C=O) groups is 2. The number of likely N-dealkylation sites (N-methyl/N-ethyl adjacent to an activating group) is 1. The molecule has 2 aliphatic heterocycles. The Hall–Kier alpha value is -1.92. The monoisotopic (exact) mass is 358 g/mol. The number of hydrogen-bond acceptors (Lipinski definition) is 4. The van der Waals surface area contributed by atoms with Crippen LogP contribution in [0.15, 0.2) is 30.3 Å². The second-order valence-corrected chi connectivity index (χ2v) is 7.42. The number of nitrogens with zero attached hydrogens (tertiary/aromatic N) is 4. The third-order valence-electron chi connectivity index (χ3n) is 5.58. The molecule has 0 bridgehead atoms. The molecule has 0 aromatic heterocycles. The van der Waals surface area contributed by atoms with E-state index in [0.29, 0.717) is 25.6 Å². The summed E-state index contributed by atoms with van der Waals surface area (Å²) in [6.07, 6.45) is 1.38. The molecular formula is C20H30N4O2. The van der Waals surface area contributed by atoms with Crippen LogP contribution in [0.25, 0.3) is 0 Å². The molecule has 0 unspecified atom stereocenters. The molecule has 0 N–H and O–H groups in total. The van der Waals surface area contributed by atoms with Crippen molar-refractivity contribution < 1.29 is 9.59 Å². The molecule has 2 aliphatic rings. The standard InChI is InChI=1S/C20H30N4O2/c1-17(22-12-10-21(2)11-13-22)8-9-19(25)23-14-15-24(20(26)16-23)18-6-4-3-5-7-18/h3-7,17H,8-16H2,1-2H3/t17-/m1/s1. The Labute approximate surface area is 156 Å². The topological polar surface area (TPSA) is 47.1 Å². The van der Waals surface area contributed by atoms with Gasteiger partial charge in [0.15, 0.2) is 0 Å². The maximum Gasteiger partial charge on any atom is 0.246 e. The van der Waals surface area contributed by atoms with Gasteiger partial charge in [0.2, 0.25) is 11.8 Å². The van der Waals surface area contributed by atoms with E-state index in [1.807, 2.05) is 30.3 Å². The Morgan fingerprint density at radius 1 is 1.04 bits per heavy atom. The van der Waals surface area contributed by atoms with E-state index in [1.165, 1.54) is 0 Å². The molecule has 0 saturated carbocycles. The molecule has 0 radical (unpaired) electrons. The smallest absolute Gasteiger partial charge is 0.246 e. The number of benzene rings is 1. The van der Waals surface area contributed by atoms with Crippen molar-refractivity contribution in [2.24, 2.45) is 0 Å². The van der Waals surface area contributed by atoms with Crippen molar-refractivity contribution in [3.05, 3.63) is 30.3 Å². The zero-order valence-corrected chi connectivity index (χ0v) is 15.9. The van der Waals surface area contributed by atoms with E-state index in [-0.39, 0.29) is 18.4 Å². The normalized spacial score (nSPS) is 21.1. The molecule has 6 nitrogen and oxygen atoms in total. The molecule has 142 valence electrons. The fraction of sp³-hybridized carbons (Fsp3) is 0.600. The van der Waals surface area contributed by atoms with Gasteiger partial charge in [-0.15, -0.1) is 0 Å². The number of amides is 2. The summed E-state index contributed by atoms with van der Waals surface area (Å²) in [6, 6.07) is 10.1. The van der Waals surface area contributed by atoms with Gasteiger partial charge in [-0.05, 0) is 32.5 Å². The molecular weight excluding hydrogens is 328 g/mol. The minimum atomic E-state index is 0.00270. The third-order valence-corrected chi connectivity index (χ3v) is 5.58. The van der Waals surface area contributed by atoms with Gasteiger partial charge in [-0.25, -0.2) is 0 Å². The summed E-state index contributed by atoms with van der Waals surface area (Å²) in [6.45, 7) is 7.90. The van der Waals surface area contributed by atoms with Crippen LogP contribution in [-0.4, -0.2) is 85.4 Å². The lowest BCUT2D eigenvalue weighted by atomic mass is 10.1. The van der Waals surface area contributed by atoms with E-state index in [0.717, 1.165) is 38.3 Å². The van der Waals surface area contributed by atoms with Gasteiger partial charge >= 0.3 is 0 Å². The number of rotatable bonds is 5. The largest absolute Gasteiger partial charge is 0.332 e. The molecule has 2 fully saturated rings. The maximum absolute atomic E-state index is 12.6. The van der Waals surface area contributed by atoms with Gasteiger partial charge in [0, 0.05) is 57.4 Å². The van der Waals surface area contributed by atoms with E-state index >= 15 is 0 Å². The Kier molecular flexibility index (Phi) is 6.27. The minimum absolute atomic E-state index is 0.00270. The first kappa shape index (κ1) is 18.9. The van der Waals surface area contributed by atoms with Crippen molar-refractivity contribution in [1.29, 1.82) is 0 Å². The summed E-state index contributed by atoms with van der Waals surface area (Å²) < 4.78 is 0. The fourth-order valence-electron chi connectivity index (χ4n) is 3.70. The van der Waals surface area contributed by atoms with Gasteiger partial charge in [0.25, 0.3) is 0 Å². The van der Waals surface area contributed by atoms with Crippen LogP contribution in [0.5, 0.6) is 0 Å². The first-order valence-electron chi connectivity index (χ1n) is 9.60. The molecule has 2 amide bonds. The zero-order valence-electron chi connectivity index (χ0n) is 15.9. The summed E-state index contributed by atoms with van der Waals surface area (Å²) in [4.78, 5) is 33.3. The number of piperazine rings is 2. The van der Waals surface area contributed by atoms with Crippen molar-refractivity contribution >= 4 is 17.5 Å². The Morgan fingerprint density at radius 2 is 1.73 bits per heavy atom. The van der Waals surface area contributed by atoms with Crippen LogP contribution in [0.4, 0.5) is 5.69 Å². The van der Waals surface area contributed by atoms with Gasteiger partial charge in [0.1, 0.15) is 6.54 Å². The molecule has 6 heteroatoms. The summed E-state index contributed by atoms with van der Waals surface area (Å²) in [5.74, 6) is 0.106. The highest BCUT2D eigenvalue weighted by atomic mass is 16.2. The van der Waals surface area contributed by atoms with E-state index in [1.54, 1.807) is 9.80 Å². The van der Waals surface area contributed by atoms with Gasteiger partial charge in [-0.2, -0.15) is 0 Å². The lowest BCUT2D eigenvalue weighted by Crippen LogP contribution is -2.52. The number of carbonyl (C=O) groups excluding carboxylic acids is 2. The summed E-state index contributed by atoms with van der Waals surface area (Å²) in [5, 5.41) is 0. The highest BCUT2D eigenvalue weighted by Gasteiger charge is 2.28. The van der Waals surface area contributed by atoms with Crippen LogP contribution < -0.4 is 4.90 Å². The molecule has 1 atom stereocenters.